The second kappa shape index (κ2) is 12.3. The van der Waals surface area contributed by atoms with Crippen LogP contribution < -0.4 is 10.9 Å². The van der Waals surface area contributed by atoms with E-state index in [2.05, 4.69) is 0 Å². The summed E-state index contributed by atoms with van der Waals surface area (Å²) >= 11 is 0. The van der Waals surface area contributed by atoms with E-state index in [1.165, 1.54) is 74.5 Å². The molecule has 6 rings (SSSR count). The summed E-state index contributed by atoms with van der Waals surface area (Å²) in [7, 11) is 0. The number of aliphatic hydroxyl groups excluding tert-OH is 2. The minimum Gasteiger partial charge on any atom is -0.457 e. The first kappa shape index (κ1) is 30.4. The molecular formula is C34H24F4O6. The Balaban J connectivity index is 0.000000175. The molecule has 0 aliphatic heterocycles. The molecule has 2 atom stereocenters. The zero-order valence-corrected chi connectivity index (χ0v) is 23.3. The predicted octanol–water partition coefficient (Wildman–Crippen LogP) is 7.58. The van der Waals surface area contributed by atoms with E-state index in [4.69, 9.17) is 8.83 Å². The zero-order chi connectivity index (χ0) is 31.7. The van der Waals surface area contributed by atoms with Crippen molar-refractivity contribution in [1.29, 1.82) is 0 Å². The lowest BCUT2D eigenvalue weighted by Gasteiger charge is -2.12. The Kier molecular flexibility index (Phi) is 8.48. The first-order chi connectivity index (χ1) is 21.0. The van der Waals surface area contributed by atoms with Gasteiger partial charge in [-0.05, 0) is 73.5 Å². The van der Waals surface area contributed by atoms with E-state index >= 15 is 0 Å². The molecule has 6 nitrogen and oxygen atoms in total. The Morgan fingerprint density at radius 3 is 1.27 bits per heavy atom. The van der Waals surface area contributed by atoms with Crippen LogP contribution in [0.5, 0.6) is 0 Å². The van der Waals surface area contributed by atoms with Crippen LogP contribution in [0, 0.1) is 23.3 Å². The van der Waals surface area contributed by atoms with Crippen molar-refractivity contribution < 1.29 is 36.6 Å². The molecule has 0 fully saturated rings. The van der Waals surface area contributed by atoms with Gasteiger partial charge in [-0.2, -0.15) is 0 Å². The summed E-state index contributed by atoms with van der Waals surface area (Å²) < 4.78 is 65.8. The van der Waals surface area contributed by atoms with Crippen molar-refractivity contribution in [3.05, 3.63) is 140 Å². The van der Waals surface area contributed by atoms with Crippen molar-refractivity contribution in [3.8, 4) is 22.3 Å². The molecule has 2 heterocycles. The average molecular weight is 605 g/mol. The van der Waals surface area contributed by atoms with E-state index in [0.29, 0.717) is 0 Å². The van der Waals surface area contributed by atoms with Crippen LogP contribution in [0.3, 0.4) is 0 Å². The summed E-state index contributed by atoms with van der Waals surface area (Å²) in [5.74, 6) is -2.56. The van der Waals surface area contributed by atoms with E-state index < -0.39 is 46.3 Å². The van der Waals surface area contributed by atoms with Crippen LogP contribution in [-0.2, 0) is 0 Å². The maximum atomic E-state index is 14.0. The summed E-state index contributed by atoms with van der Waals surface area (Å²) in [6.07, 6.45) is -2.20. The van der Waals surface area contributed by atoms with Gasteiger partial charge in [-0.15, -0.1) is 0 Å². The summed E-state index contributed by atoms with van der Waals surface area (Å²) in [5, 5.41) is 19.3. The van der Waals surface area contributed by atoms with Gasteiger partial charge < -0.3 is 19.0 Å². The van der Waals surface area contributed by atoms with Gasteiger partial charge in [0.05, 0.1) is 11.1 Å². The molecule has 0 aliphatic carbocycles. The van der Waals surface area contributed by atoms with Crippen LogP contribution in [0.4, 0.5) is 17.6 Å². The maximum absolute atomic E-state index is 14.0. The van der Waals surface area contributed by atoms with Crippen LogP contribution >= 0.6 is 0 Å². The summed E-state index contributed by atoms with van der Waals surface area (Å²) in [6, 6.07) is 18.6. The molecule has 0 bridgehead atoms. The Hall–Kier alpha value is -5.06. The first-order valence-electron chi connectivity index (χ1n) is 13.4. The van der Waals surface area contributed by atoms with Crippen LogP contribution in [-0.4, -0.2) is 10.2 Å². The SMILES string of the molecule is C[C@@H](O)c1oc2cccc(F)c2c(=O)c1-c1cccc(F)c1.C[C@H](O)c1oc2cccc(F)c2c(=O)c1-c1cccc(F)c1. The second-order valence-electron chi connectivity index (χ2n) is 9.94. The highest BCUT2D eigenvalue weighted by atomic mass is 19.1. The lowest BCUT2D eigenvalue weighted by molar-refractivity contribution is 0.171. The highest BCUT2D eigenvalue weighted by Crippen LogP contribution is 2.31. The van der Waals surface area contributed by atoms with Crippen molar-refractivity contribution in [3.63, 3.8) is 0 Å². The molecule has 0 saturated carbocycles. The third kappa shape index (κ3) is 5.77. The van der Waals surface area contributed by atoms with E-state index in [-0.39, 0.29) is 55.7 Å². The van der Waals surface area contributed by atoms with Gasteiger partial charge in [0.2, 0.25) is 10.9 Å². The van der Waals surface area contributed by atoms with E-state index in [1.54, 1.807) is 0 Å². The van der Waals surface area contributed by atoms with Crippen LogP contribution in [0.1, 0.15) is 37.6 Å². The van der Waals surface area contributed by atoms with Gasteiger partial charge in [-0.1, -0.05) is 36.4 Å². The molecule has 0 saturated heterocycles. The van der Waals surface area contributed by atoms with Crippen molar-refractivity contribution in [1.82, 2.24) is 0 Å². The molecule has 10 heteroatoms. The number of hydrogen-bond acceptors (Lipinski definition) is 6. The van der Waals surface area contributed by atoms with Crippen molar-refractivity contribution in [2.45, 2.75) is 26.1 Å². The lowest BCUT2D eigenvalue weighted by Crippen LogP contribution is -2.12. The van der Waals surface area contributed by atoms with Gasteiger partial charge in [0.25, 0.3) is 0 Å². The third-order valence-electron chi connectivity index (χ3n) is 6.78. The Bertz CT molecular complexity index is 1980. The maximum Gasteiger partial charge on any atom is 0.203 e. The summed E-state index contributed by atoms with van der Waals surface area (Å²) in [5.41, 5.74) is -0.799. The molecule has 0 amide bonds. The Morgan fingerprint density at radius 2 is 0.932 bits per heavy atom. The van der Waals surface area contributed by atoms with Gasteiger partial charge in [-0.3, -0.25) is 9.59 Å². The van der Waals surface area contributed by atoms with E-state index in [1.807, 2.05) is 0 Å². The number of aliphatic hydroxyl groups is 2. The molecule has 2 aromatic heterocycles. The average Bonchev–Trinajstić information content (AvgIpc) is 2.97. The fourth-order valence-corrected chi connectivity index (χ4v) is 4.86. The van der Waals surface area contributed by atoms with Crippen molar-refractivity contribution >= 4 is 21.9 Å². The normalized spacial score (nSPS) is 12.5. The Labute approximate surface area is 247 Å². The minimum atomic E-state index is -1.10. The van der Waals surface area contributed by atoms with Crippen molar-refractivity contribution in [2.75, 3.05) is 0 Å². The minimum absolute atomic E-state index is 0.0197. The third-order valence-corrected chi connectivity index (χ3v) is 6.78. The number of benzene rings is 4. The highest BCUT2D eigenvalue weighted by molar-refractivity contribution is 5.84. The van der Waals surface area contributed by atoms with Crippen molar-refractivity contribution in [2.24, 2.45) is 0 Å². The predicted molar refractivity (Wildman–Crippen MR) is 157 cm³/mol. The van der Waals surface area contributed by atoms with Gasteiger partial charge in [0.15, 0.2) is 0 Å². The fraction of sp³-hybridized carbons (Fsp3) is 0.118. The summed E-state index contributed by atoms with van der Waals surface area (Å²) in [6.45, 7) is 2.85. The smallest absolute Gasteiger partial charge is 0.203 e. The Morgan fingerprint density at radius 1 is 0.568 bits per heavy atom. The number of rotatable bonds is 4. The van der Waals surface area contributed by atoms with Gasteiger partial charge in [0, 0.05) is 0 Å². The monoisotopic (exact) mass is 604 g/mol. The van der Waals surface area contributed by atoms with Gasteiger partial charge >= 0.3 is 0 Å². The number of fused-ring (bicyclic) bond motifs is 2. The zero-order valence-electron chi connectivity index (χ0n) is 23.3. The van der Waals surface area contributed by atoms with Gasteiger partial charge in [-0.25, -0.2) is 17.6 Å². The number of hydrogen-bond donors (Lipinski definition) is 2. The van der Waals surface area contributed by atoms with E-state index in [0.717, 1.165) is 24.3 Å². The summed E-state index contributed by atoms with van der Waals surface area (Å²) in [4.78, 5) is 25.3. The largest absolute Gasteiger partial charge is 0.457 e. The molecule has 0 radical (unpaired) electrons. The molecule has 224 valence electrons. The highest BCUT2D eigenvalue weighted by Gasteiger charge is 2.23. The topological polar surface area (TPSA) is 101 Å². The fourth-order valence-electron chi connectivity index (χ4n) is 4.86. The number of halogens is 4. The van der Waals surface area contributed by atoms with E-state index in [9.17, 15) is 37.4 Å². The molecule has 0 unspecified atom stereocenters. The molecule has 2 N–H and O–H groups in total. The quantitative estimate of drug-likeness (QED) is 0.201. The molecule has 6 aromatic rings. The lowest BCUT2D eigenvalue weighted by atomic mass is 10.00. The molecular weight excluding hydrogens is 580 g/mol. The molecule has 0 spiro atoms. The molecule has 4 aromatic carbocycles. The molecule has 44 heavy (non-hydrogen) atoms. The first-order valence-corrected chi connectivity index (χ1v) is 13.4. The molecule has 0 aliphatic rings. The van der Waals surface area contributed by atoms with Crippen LogP contribution in [0.15, 0.2) is 103 Å². The standard InChI is InChI=1S/2C17H12F2O3/c2*1-9(20)17-14(10-4-2-5-11(18)8-10)16(21)15-12(19)6-3-7-13(15)22-17/h2*2-9,20H,1H3/t2*9-/m10/s1. The van der Waals surface area contributed by atoms with Crippen LogP contribution in [0.25, 0.3) is 44.2 Å². The van der Waals surface area contributed by atoms with Gasteiger partial charge in [0.1, 0.15) is 68.9 Å². The van der Waals surface area contributed by atoms with Crippen LogP contribution in [0.2, 0.25) is 0 Å². The second-order valence-corrected chi connectivity index (χ2v) is 9.94.